The number of benzene rings is 1. The minimum atomic E-state index is -4.60. The molecule has 0 spiro atoms. The van der Waals surface area contributed by atoms with Crippen LogP contribution in [0.25, 0.3) is 0 Å². The molecule has 2 aromatic rings. The summed E-state index contributed by atoms with van der Waals surface area (Å²) in [6.45, 7) is 1.26. The van der Waals surface area contributed by atoms with Gasteiger partial charge in [0, 0.05) is 24.0 Å². The van der Waals surface area contributed by atoms with Crippen LogP contribution in [0.3, 0.4) is 0 Å². The number of alkyl halides is 3. The molecular formula is C23H29F3N2O3S2. The second-order valence-electron chi connectivity index (χ2n) is 9.03. The largest absolute Gasteiger partial charge is 0.488 e. The van der Waals surface area contributed by atoms with Gasteiger partial charge in [-0.15, -0.1) is 11.3 Å². The number of likely N-dealkylation sites (N-methyl/N-ethyl adjacent to an activating group) is 1. The maximum absolute atomic E-state index is 13.5. The molecule has 0 amide bonds. The topological polar surface area (TPSA) is 58.6 Å². The Kier molecular flexibility index (Phi) is 7.26. The lowest BCUT2D eigenvalue weighted by Crippen LogP contribution is -2.23. The van der Waals surface area contributed by atoms with Crippen LogP contribution in [-0.4, -0.2) is 39.6 Å². The number of sulfonamides is 1. The van der Waals surface area contributed by atoms with Crippen molar-refractivity contribution in [3.8, 4) is 5.75 Å². The van der Waals surface area contributed by atoms with Crippen molar-refractivity contribution in [1.29, 1.82) is 0 Å². The maximum Gasteiger partial charge on any atom is 0.419 e. The summed E-state index contributed by atoms with van der Waals surface area (Å²) in [6, 6.07) is 6.54. The first kappa shape index (κ1) is 24.3. The molecule has 1 saturated heterocycles. The third-order valence-electron chi connectivity index (χ3n) is 6.30. The summed E-state index contributed by atoms with van der Waals surface area (Å²) in [5.41, 5.74) is -0.863. The average molecular weight is 503 g/mol. The number of halogens is 3. The minimum absolute atomic E-state index is 0.0478. The normalized spacial score (nSPS) is 20.8. The van der Waals surface area contributed by atoms with Gasteiger partial charge in [-0.3, -0.25) is 4.72 Å². The molecule has 1 aromatic carbocycles. The van der Waals surface area contributed by atoms with Crippen LogP contribution in [-0.2, 0) is 22.6 Å². The number of likely N-dealkylation sites (tertiary alicyclic amines) is 1. The Labute approximate surface area is 197 Å². The van der Waals surface area contributed by atoms with Crippen LogP contribution in [0.4, 0.5) is 18.9 Å². The molecule has 1 aliphatic carbocycles. The number of nitrogens with zero attached hydrogens (tertiary/aromatic N) is 1. The van der Waals surface area contributed by atoms with E-state index in [1.165, 1.54) is 43.4 Å². The van der Waals surface area contributed by atoms with E-state index in [1.54, 1.807) is 6.07 Å². The predicted octanol–water partition coefficient (Wildman–Crippen LogP) is 5.77. The highest BCUT2D eigenvalue weighted by atomic mass is 32.2. The highest BCUT2D eigenvalue weighted by Crippen LogP contribution is 2.39. The number of anilines is 1. The molecule has 1 saturated carbocycles. The molecule has 182 valence electrons. The van der Waals surface area contributed by atoms with E-state index in [2.05, 4.69) is 4.72 Å². The summed E-state index contributed by atoms with van der Waals surface area (Å²) in [6.07, 6.45) is 2.56. The molecule has 4 rings (SSSR count). The van der Waals surface area contributed by atoms with Gasteiger partial charge in [-0.2, -0.15) is 13.2 Å². The molecule has 5 nitrogen and oxygen atoms in total. The lowest BCUT2D eigenvalue weighted by Gasteiger charge is -2.20. The van der Waals surface area contributed by atoms with Gasteiger partial charge in [-0.1, -0.05) is 32.1 Å². The number of nitrogens with one attached hydrogen (secondary N) is 1. The molecule has 0 bridgehead atoms. The Bertz CT molecular complexity index is 1060. The Morgan fingerprint density at radius 3 is 2.55 bits per heavy atom. The number of rotatable bonds is 7. The van der Waals surface area contributed by atoms with E-state index in [-0.39, 0.29) is 21.8 Å². The Morgan fingerprint density at radius 2 is 1.88 bits per heavy atom. The molecular weight excluding hydrogens is 473 g/mol. The van der Waals surface area contributed by atoms with Crippen LogP contribution in [0.2, 0.25) is 0 Å². The zero-order valence-corrected chi connectivity index (χ0v) is 20.2. The number of thiophene rings is 1. The zero-order chi connectivity index (χ0) is 23.6. The van der Waals surface area contributed by atoms with E-state index in [1.807, 2.05) is 18.0 Å². The van der Waals surface area contributed by atoms with E-state index >= 15 is 0 Å². The van der Waals surface area contributed by atoms with Gasteiger partial charge in [0.05, 0.1) is 11.3 Å². The van der Waals surface area contributed by atoms with Crippen LogP contribution < -0.4 is 9.46 Å². The van der Waals surface area contributed by atoms with E-state index in [0.717, 1.165) is 36.0 Å². The Balaban J connectivity index is 1.50. The third kappa shape index (κ3) is 6.22. The Morgan fingerprint density at radius 1 is 1.12 bits per heavy atom. The summed E-state index contributed by atoms with van der Waals surface area (Å²) in [5, 5.41) is 0. The van der Waals surface area contributed by atoms with E-state index < -0.39 is 21.8 Å². The second-order valence-corrected chi connectivity index (χ2v) is 12.1. The summed E-state index contributed by atoms with van der Waals surface area (Å²) in [7, 11) is -2.03. The first-order valence-corrected chi connectivity index (χ1v) is 13.6. The third-order valence-corrected chi connectivity index (χ3v) is 9.28. The van der Waals surface area contributed by atoms with Gasteiger partial charge in [-0.05, 0) is 50.1 Å². The number of hydrogen-bond donors (Lipinski definition) is 1. The van der Waals surface area contributed by atoms with Crippen molar-refractivity contribution in [3.05, 3.63) is 40.8 Å². The summed E-state index contributed by atoms with van der Waals surface area (Å²) in [4.78, 5) is 3.00. The lowest BCUT2D eigenvalue weighted by atomic mass is 9.87. The SMILES string of the molecule is CN1CCC(Oc2cc(NS(=O)(=O)c3ccc(CC4CCCCC4)s3)ccc2C(F)(F)F)C1. The highest BCUT2D eigenvalue weighted by Gasteiger charge is 2.36. The summed E-state index contributed by atoms with van der Waals surface area (Å²) in [5.74, 6) is 0.234. The number of hydrogen-bond acceptors (Lipinski definition) is 5. The summed E-state index contributed by atoms with van der Waals surface area (Å²) < 4.78 is 74.6. The minimum Gasteiger partial charge on any atom is -0.488 e. The first-order chi connectivity index (χ1) is 15.6. The van der Waals surface area contributed by atoms with Crippen molar-refractivity contribution in [2.45, 2.75) is 61.4 Å². The van der Waals surface area contributed by atoms with Crippen LogP contribution in [0.1, 0.15) is 49.0 Å². The average Bonchev–Trinajstić information content (AvgIpc) is 3.37. The van der Waals surface area contributed by atoms with E-state index in [9.17, 15) is 21.6 Å². The summed E-state index contributed by atoms with van der Waals surface area (Å²) >= 11 is 1.22. The van der Waals surface area contributed by atoms with Crippen molar-refractivity contribution in [2.75, 3.05) is 24.9 Å². The standard InChI is InChI=1S/C23H29F3N2O3S2/c1-28-12-11-18(15-28)31-21-14-17(7-9-20(21)23(24,25)26)27-33(29,30)22-10-8-19(32-22)13-16-5-3-2-4-6-16/h7-10,14,16,18,27H,2-6,11-13,15H2,1H3. The molecule has 1 atom stereocenters. The highest BCUT2D eigenvalue weighted by molar-refractivity contribution is 7.94. The molecule has 2 aliphatic rings. The molecule has 10 heteroatoms. The maximum atomic E-state index is 13.5. The van der Waals surface area contributed by atoms with Crippen LogP contribution >= 0.6 is 11.3 Å². The van der Waals surface area contributed by atoms with Crippen molar-refractivity contribution in [2.24, 2.45) is 5.92 Å². The Hall–Kier alpha value is -1.78. The fourth-order valence-corrected chi connectivity index (χ4v) is 7.10. The van der Waals surface area contributed by atoms with Crippen LogP contribution in [0, 0.1) is 5.92 Å². The van der Waals surface area contributed by atoms with Crippen LogP contribution in [0.15, 0.2) is 34.5 Å². The van der Waals surface area contributed by atoms with Gasteiger partial charge >= 0.3 is 6.18 Å². The van der Waals surface area contributed by atoms with Gasteiger partial charge in [-0.25, -0.2) is 8.42 Å². The van der Waals surface area contributed by atoms with Crippen molar-refractivity contribution < 1.29 is 26.3 Å². The van der Waals surface area contributed by atoms with Gasteiger partial charge in [0.25, 0.3) is 10.0 Å². The van der Waals surface area contributed by atoms with Crippen molar-refractivity contribution >= 4 is 27.0 Å². The van der Waals surface area contributed by atoms with Crippen molar-refractivity contribution in [3.63, 3.8) is 0 Å². The van der Waals surface area contributed by atoms with E-state index in [4.69, 9.17) is 4.74 Å². The molecule has 1 unspecified atom stereocenters. The molecule has 2 fully saturated rings. The molecule has 33 heavy (non-hydrogen) atoms. The van der Waals surface area contributed by atoms with Crippen molar-refractivity contribution in [1.82, 2.24) is 4.90 Å². The lowest BCUT2D eigenvalue weighted by molar-refractivity contribution is -0.139. The zero-order valence-electron chi connectivity index (χ0n) is 18.5. The van der Waals surface area contributed by atoms with Gasteiger partial charge in [0.15, 0.2) is 0 Å². The second kappa shape index (κ2) is 9.84. The predicted molar refractivity (Wildman–Crippen MR) is 123 cm³/mol. The molecule has 0 radical (unpaired) electrons. The number of ether oxygens (including phenoxy) is 1. The first-order valence-electron chi connectivity index (χ1n) is 11.3. The molecule has 1 N–H and O–H groups in total. The molecule has 1 aliphatic heterocycles. The fourth-order valence-electron chi connectivity index (χ4n) is 4.58. The quantitative estimate of drug-likeness (QED) is 0.522. The van der Waals surface area contributed by atoms with Gasteiger partial charge in [0.1, 0.15) is 16.1 Å². The van der Waals surface area contributed by atoms with Crippen LogP contribution in [0.5, 0.6) is 5.75 Å². The van der Waals surface area contributed by atoms with Gasteiger partial charge < -0.3 is 9.64 Å². The molecule has 1 aromatic heterocycles. The monoisotopic (exact) mass is 502 g/mol. The smallest absolute Gasteiger partial charge is 0.419 e. The molecule has 2 heterocycles. The van der Waals surface area contributed by atoms with Gasteiger partial charge in [0.2, 0.25) is 0 Å². The van der Waals surface area contributed by atoms with E-state index in [0.29, 0.717) is 18.9 Å². The fraction of sp³-hybridized carbons (Fsp3) is 0.565.